The van der Waals surface area contributed by atoms with Crippen LogP contribution in [0, 0.1) is 6.92 Å². The molecule has 7 heteroatoms. The Hall–Kier alpha value is -1.85. The van der Waals surface area contributed by atoms with E-state index >= 15 is 0 Å². The lowest BCUT2D eigenvalue weighted by atomic mass is 10.3. The number of nitrogen functional groups attached to an aromatic ring is 1. The molecule has 0 saturated carbocycles. The fourth-order valence-corrected chi connectivity index (χ4v) is 2.23. The Morgan fingerprint density at radius 1 is 1.16 bits per heavy atom. The predicted molar refractivity (Wildman–Crippen MR) is 75.8 cm³/mol. The van der Waals surface area contributed by atoms with E-state index in [1.165, 1.54) is 6.33 Å². The van der Waals surface area contributed by atoms with Crippen molar-refractivity contribution in [2.45, 2.75) is 6.92 Å². The molecule has 0 saturated heterocycles. The lowest BCUT2D eigenvalue weighted by Gasteiger charge is -2.04. The maximum absolute atomic E-state index is 6.02. The number of nitrogens with zero attached hydrogens (tertiary/aromatic N) is 4. The number of nitrogens with two attached hydrogens (primary N) is 1. The zero-order valence-corrected chi connectivity index (χ0v) is 11.4. The highest BCUT2D eigenvalue weighted by Crippen LogP contribution is 2.27. The van der Waals surface area contributed by atoms with E-state index in [0.717, 1.165) is 16.8 Å². The number of hydrogen-bond acceptors (Lipinski definition) is 4. The van der Waals surface area contributed by atoms with Crippen molar-refractivity contribution in [3.8, 4) is 5.69 Å². The van der Waals surface area contributed by atoms with E-state index in [2.05, 4.69) is 15.1 Å². The largest absolute Gasteiger partial charge is 0.383 e. The van der Waals surface area contributed by atoms with E-state index < -0.39 is 0 Å². The molecule has 0 atom stereocenters. The molecule has 5 nitrogen and oxygen atoms in total. The van der Waals surface area contributed by atoms with Gasteiger partial charge >= 0.3 is 0 Å². The van der Waals surface area contributed by atoms with Gasteiger partial charge in [0.2, 0.25) is 0 Å². The summed E-state index contributed by atoms with van der Waals surface area (Å²) in [5.74, 6) is 0.411. The molecule has 96 valence electrons. The van der Waals surface area contributed by atoms with E-state index in [9.17, 15) is 0 Å². The van der Waals surface area contributed by atoms with Crippen molar-refractivity contribution < 1.29 is 0 Å². The number of benzene rings is 1. The fourth-order valence-electron chi connectivity index (χ4n) is 1.94. The molecule has 2 N–H and O–H groups in total. The van der Waals surface area contributed by atoms with E-state index in [1.54, 1.807) is 16.8 Å². The zero-order valence-electron chi connectivity index (χ0n) is 9.93. The van der Waals surface area contributed by atoms with Gasteiger partial charge in [-0.2, -0.15) is 5.10 Å². The second kappa shape index (κ2) is 4.36. The van der Waals surface area contributed by atoms with Gasteiger partial charge in [-0.25, -0.2) is 14.6 Å². The van der Waals surface area contributed by atoms with Gasteiger partial charge < -0.3 is 5.73 Å². The average molecular weight is 294 g/mol. The highest BCUT2D eigenvalue weighted by atomic mass is 35.5. The Morgan fingerprint density at radius 3 is 2.68 bits per heavy atom. The van der Waals surface area contributed by atoms with Crippen LogP contribution in [0.5, 0.6) is 0 Å². The summed E-state index contributed by atoms with van der Waals surface area (Å²) in [7, 11) is 0. The zero-order chi connectivity index (χ0) is 13.6. The molecule has 0 radical (unpaired) electrons. The van der Waals surface area contributed by atoms with Gasteiger partial charge in [-0.05, 0) is 25.1 Å². The third-order valence-electron chi connectivity index (χ3n) is 2.82. The standard InChI is InChI=1S/C12H9Cl2N5/c1-6-10-11(15)16-5-17-12(10)19(18-6)7-2-3-8(13)9(14)4-7/h2-5H,1H3,(H2,15,16,17). The highest BCUT2D eigenvalue weighted by Gasteiger charge is 2.14. The molecule has 0 aliphatic rings. The van der Waals surface area contributed by atoms with Crippen molar-refractivity contribution in [2.24, 2.45) is 0 Å². The second-order valence-corrected chi connectivity index (χ2v) is 4.87. The summed E-state index contributed by atoms with van der Waals surface area (Å²) in [5.41, 5.74) is 8.03. The normalized spacial score (nSPS) is 11.1. The van der Waals surface area contributed by atoms with Crippen LogP contribution in [-0.2, 0) is 0 Å². The molecule has 0 aliphatic heterocycles. The van der Waals surface area contributed by atoms with Gasteiger partial charge in [-0.3, -0.25) is 0 Å². The van der Waals surface area contributed by atoms with Gasteiger partial charge in [0.15, 0.2) is 5.65 Å². The second-order valence-electron chi connectivity index (χ2n) is 4.05. The maximum Gasteiger partial charge on any atom is 0.168 e. The first-order valence-corrected chi connectivity index (χ1v) is 6.25. The van der Waals surface area contributed by atoms with Crippen LogP contribution in [0.2, 0.25) is 10.0 Å². The summed E-state index contributed by atoms with van der Waals surface area (Å²) in [6.07, 6.45) is 1.41. The molecule has 0 aliphatic carbocycles. The lowest BCUT2D eigenvalue weighted by molar-refractivity contribution is 0.876. The molecular weight excluding hydrogens is 285 g/mol. The Kier molecular flexibility index (Phi) is 2.80. The number of anilines is 1. The van der Waals surface area contributed by atoms with Crippen molar-refractivity contribution in [3.05, 3.63) is 40.3 Å². The monoisotopic (exact) mass is 293 g/mol. The number of hydrogen-bond donors (Lipinski definition) is 1. The first-order valence-electron chi connectivity index (χ1n) is 5.49. The Morgan fingerprint density at radius 2 is 1.95 bits per heavy atom. The van der Waals surface area contributed by atoms with Crippen molar-refractivity contribution >= 4 is 40.1 Å². The molecule has 3 aromatic rings. The van der Waals surface area contributed by atoms with Gasteiger partial charge in [0.05, 0.1) is 26.8 Å². The lowest BCUT2D eigenvalue weighted by Crippen LogP contribution is -1.99. The van der Waals surface area contributed by atoms with Crippen LogP contribution >= 0.6 is 23.2 Å². The molecule has 0 fully saturated rings. The van der Waals surface area contributed by atoms with Gasteiger partial charge in [0.25, 0.3) is 0 Å². The number of aryl methyl sites for hydroxylation is 1. The van der Waals surface area contributed by atoms with E-state index in [-0.39, 0.29) is 0 Å². The first-order chi connectivity index (χ1) is 9.08. The molecule has 0 amide bonds. The minimum atomic E-state index is 0.411. The summed E-state index contributed by atoms with van der Waals surface area (Å²) < 4.78 is 1.67. The topological polar surface area (TPSA) is 69.6 Å². The minimum absolute atomic E-state index is 0.411. The van der Waals surface area contributed by atoms with Crippen LogP contribution in [0.15, 0.2) is 24.5 Å². The maximum atomic E-state index is 6.02. The van der Waals surface area contributed by atoms with Crippen LogP contribution in [-0.4, -0.2) is 19.7 Å². The summed E-state index contributed by atoms with van der Waals surface area (Å²) in [4.78, 5) is 8.20. The van der Waals surface area contributed by atoms with Crippen molar-refractivity contribution in [3.63, 3.8) is 0 Å². The number of fused-ring (bicyclic) bond motifs is 1. The molecule has 0 bridgehead atoms. The summed E-state index contributed by atoms with van der Waals surface area (Å²) in [5, 5.41) is 6.12. The molecule has 0 spiro atoms. The first kappa shape index (κ1) is 12.2. The Balaban J connectivity index is 2.31. The van der Waals surface area contributed by atoms with E-state index in [1.807, 2.05) is 13.0 Å². The van der Waals surface area contributed by atoms with Crippen LogP contribution in [0.1, 0.15) is 5.69 Å². The van der Waals surface area contributed by atoms with Crippen LogP contribution in [0.3, 0.4) is 0 Å². The fraction of sp³-hybridized carbons (Fsp3) is 0.0833. The van der Waals surface area contributed by atoms with E-state index in [0.29, 0.717) is 21.5 Å². The van der Waals surface area contributed by atoms with Gasteiger partial charge in [-0.15, -0.1) is 0 Å². The smallest absolute Gasteiger partial charge is 0.168 e. The molecular formula is C12H9Cl2N5. The average Bonchev–Trinajstić information content (AvgIpc) is 2.72. The highest BCUT2D eigenvalue weighted by molar-refractivity contribution is 6.42. The Bertz CT molecular complexity index is 781. The Labute approximate surface area is 119 Å². The van der Waals surface area contributed by atoms with Crippen molar-refractivity contribution in [2.75, 3.05) is 5.73 Å². The van der Waals surface area contributed by atoms with Gasteiger partial charge in [-0.1, -0.05) is 23.2 Å². The quantitative estimate of drug-likeness (QED) is 0.749. The number of aromatic nitrogens is 4. The molecule has 19 heavy (non-hydrogen) atoms. The number of halogens is 2. The minimum Gasteiger partial charge on any atom is -0.383 e. The van der Waals surface area contributed by atoms with Crippen LogP contribution in [0.4, 0.5) is 5.82 Å². The molecule has 1 aromatic carbocycles. The molecule has 0 unspecified atom stereocenters. The summed E-state index contributed by atoms with van der Waals surface area (Å²) in [6, 6.07) is 5.26. The van der Waals surface area contributed by atoms with Crippen molar-refractivity contribution in [1.29, 1.82) is 0 Å². The molecule has 3 rings (SSSR count). The van der Waals surface area contributed by atoms with Crippen molar-refractivity contribution in [1.82, 2.24) is 19.7 Å². The molecule has 2 aromatic heterocycles. The van der Waals surface area contributed by atoms with E-state index in [4.69, 9.17) is 28.9 Å². The van der Waals surface area contributed by atoms with Crippen LogP contribution < -0.4 is 5.73 Å². The third kappa shape index (κ3) is 1.91. The van der Waals surface area contributed by atoms with Crippen LogP contribution in [0.25, 0.3) is 16.7 Å². The van der Waals surface area contributed by atoms with Gasteiger partial charge in [0.1, 0.15) is 12.1 Å². The third-order valence-corrected chi connectivity index (χ3v) is 3.56. The van der Waals surface area contributed by atoms with Gasteiger partial charge in [0, 0.05) is 0 Å². The summed E-state index contributed by atoms with van der Waals surface area (Å²) >= 11 is 11.9. The number of rotatable bonds is 1. The predicted octanol–water partition coefficient (Wildman–Crippen LogP) is 3.01. The molecule has 2 heterocycles. The SMILES string of the molecule is Cc1nn(-c2ccc(Cl)c(Cl)c2)c2ncnc(N)c12. The summed E-state index contributed by atoms with van der Waals surface area (Å²) in [6.45, 7) is 1.86.